The molecule has 1 saturated carbocycles. The number of hydrogen-bond acceptors (Lipinski definition) is 6. The number of halogens is 2. The van der Waals surface area contributed by atoms with Crippen LogP contribution in [0.2, 0.25) is 5.15 Å². The number of oxime groups is 1. The van der Waals surface area contributed by atoms with Gasteiger partial charge in [-0.15, -0.1) is 0 Å². The van der Waals surface area contributed by atoms with E-state index in [1.807, 2.05) is 63.1 Å². The van der Waals surface area contributed by atoms with E-state index < -0.39 is 17.1 Å². The Morgan fingerprint density at radius 2 is 1.84 bits per heavy atom. The lowest BCUT2D eigenvalue weighted by atomic mass is 9.80. The highest BCUT2D eigenvalue weighted by Gasteiger charge is 2.33. The Balaban J connectivity index is 1.68. The number of pyridine rings is 2. The van der Waals surface area contributed by atoms with E-state index in [-0.39, 0.29) is 22.7 Å². The highest BCUT2D eigenvalue weighted by atomic mass is 79.9. The average molecular weight is 604 g/mol. The van der Waals surface area contributed by atoms with E-state index in [9.17, 15) is 14.7 Å². The van der Waals surface area contributed by atoms with Crippen molar-refractivity contribution < 1.29 is 14.7 Å². The molecule has 10 heteroatoms. The minimum atomic E-state index is -1.29. The van der Waals surface area contributed by atoms with Crippen LogP contribution in [-0.2, 0) is 11.9 Å². The van der Waals surface area contributed by atoms with Crippen molar-refractivity contribution in [1.29, 1.82) is 0 Å². The Labute approximate surface area is 235 Å². The molecule has 38 heavy (non-hydrogen) atoms. The van der Waals surface area contributed by atoms with Crippen molar-refractivity contribution in [3.8, 4) is 0 Å². The summed E-state index contributed by atoms with van der Waals surface area (Å²) in [5.41, 5.74) is 1.83. The molecule has 0 atom stereocenters. The number of carboxylic acid groups (broad SMARTS) is 1. The number of fused-ring (bicyclic) bond motifs is 1. The number of aromatic nitrogens is 2. The maximum absolute atomic E-state index is 13.1. The molecule has 2 heterocycles. The van der Waals surface area contributed by atoms with E-state index in [4.69, 9.17) is 16.4 Å². The van der Waals surface area contributed by atoms with Crippen LogP contribution in [0.3, 0.4) is 0 Å². The van der Waals surface area contributed by atoms with E-state index in [1.54, 1.807) is 6.07 Å². The van der Waals surface area contributed by atoms with Crippen LogP contribution in [0.1, 0.15) is 62.4 Å². The predicted molar refractivity (Wildman–Crippen MR) is 155 cm³/mol. The zero-order chi connectivity index (χ0) is 27.8. The van der Waals surface area contributed by atoms with Crippen LogP contribution in [0, 0.1) is 5.92 Å². The maximum atomic E-state index is 13.1. The Morgan fingerprint density at radius 1 is 1.21 bits per heavy atom. The molecule has 3 aromatic rings. The maximum Gasteiger partial charge on any atom is 0.343 e. The fraction of sp³-hybridized carbons (Fsp3) is 0.429. The molecule has 0 unspecified atom stereocenters. The van der Waals surface area contributed by atoms with Gasteiger partial charge in [0.1, 0.15) is 16.3 Å². The lowest BCUT2D eigenvalue weighted by molar-refractivity contribution is -0.0000345. The first kappa shape index (κ1) is 28.1. The number of anilines is 1. The van der Waals surface area contributed by atoms with E-state index in [0.29, 0.717) is 21.2 Å². The van der Waals surface area contributed by atoms with Crippen molar-refractivity contribution >= 4 is 55.9 Å². The third-order valence-electron chi connectivity index (χ3n) is 6.94. The number of carbonyl (C=O) groups is 1. The summed E-state index contributed by atoms with van der Waals surface area (Å²) in [4.78, 5) is 37.6. The average Bonchev–Trinajstić information content (AvgIpc) is 2.87. The van der Waals surface area contributed by atoms with Gasteiger partial charge >= 0.3 is 5.97 Å². The normalized spacial score (nSPS) is 18.4. The predicted octanol–water partition coefficient (Wildman–Crippen LogP) is 6.26. The lowest BCUT2D eigenvalue weighted by Gasteiger charge is -2.37. The highest BCUT2D eigenvalue weighted by molar-refractivity contribution is 9.10. The Morgan fingerprint density at radius 3 is 2.42 bits per heavy atom. The number of benzene rings is 1. The monoisotopic (exact) mass is 602 g/mol. The van der Waals surface area contributed by atoms with Gasteiger partial charge in [-0.05, 0) is 74.0 Å². The van der Waals surface area contributed by atoms with Gasteiger partial charge in [0.25, 0.3) is 5.56 Å². The molecule has 2 aromatic heterocycles. The second kappa shape index (κ2) is 11.1. The van der Waals surface area contributed by atoms with Crippen molar-refractivity contribution in [3.63, 3.8) is 0 Å². The van der Waals surface area contributed by atoms with Crippen LogP contribution in [-0.4, -0.2) is 45.0 Å². The zero-order valence-corrected chi connectivity index (χ0v) is 24.5. The number of aryl methyl sites for hydroxylation is 1. The fourth-order valence-corrected chi connectivity index (χ4v) is 5.44. The molecule has 0 spiro atoms. The molecular formula is C28H32BrClN4O4. The van der Waals surface area contributed by atoms with E-state index >= 15 is 0 Å². The standard InChI is InChI=1S/C28H32BrClN4O4/c1-28(2,3)38-32-22(16-9-7-6-8-10-16)17-11-13-18(14-12-17)33(4)24-21(27(36)37)26(35)34(5)20-15-19(29)25(30)31-23(20)24/h6-10,15,17-18H,11-14H2,1-5H3,(H,36,37). The first-order chi connectivity index (χ1) is 17.9. The van der Waals surface area contributed by atoms with Crippen LogP contribution in [0.25, 0.3) is 11.0 Å². The molecule has 1 N–H and O–H groups in total. The number of nitrogens with zero attached hydrogens (tertiary/aromatic N) is 4. The molecule has 8 nitrogen and oxygen atoms in total. The van der Waals surface area contributed by atoms with Gasteiger partial charge < -0.3 is 19.4 Å². The van der Waals surface area contributed by atoms with Gasteiger partial charge in [0.05, 0.1) is 21.4 Å². The van der Waals surface area contributed by atoms with Crippen molar-refractivity contribution in [1.82, 2.24) is 9.55 Å². The Hall–Kier alpha value is -2.91. The van der Waals surface area contributed by atoms with Gasteiger partial charge in [-0.1, -0.05) is 47.1 Å². The molecular weight excluding hydrogens is 572 g/mol. The summed E-state index contributed by atoms with van der Waals surface area (Å²) >= 11 is 9.68. The van der Waals surface area contributed by atoms with Gasteiger partial charge in [0, 0.05) is 26.1 Å². The first-order valence-electron chi connectivity index (χ1n) is 12.6. The molecule has 0 aliphatic heterocycles. The third kappa shape index (κ3) is 5.73. The van der Waals surface area contributed by atoms with Gasteiger partial charge in [-0.25, -0.2) is 9.78 Å². The van der Waals surface area contributed by atoms with Crippen LogP contribution in [0.5, 0.6) is 0 Å². The van der Waals surface area contributed by atoms with Gasteiger partial charge in [-0.3, -0.25) is 4.79 Å². The van der Waals surface area contributed by atoms with Crippen LogP contribution < -0.4 is 10.5 Å². The number of hydrogen-bond donors (Lipinski definition) is 1. The fourth-order valence-electron chi connectivity index (χ4n) is 5.00. The second-order valence-corrected chi connectivity index (χ2v) is 11.9. The van der Waals surface area contributed by atoms with Gasteiger partial charge in [0.2, 0.25) is 0 Å². The molecule has 1 aromatic carbocycles. The number of rotatable bonds is 6. The molecule has 0 bridgehead atoms. The topological polar surface area (TPSA) is 97.0 Å². The summed E-state index contributed by atoms with van der Waals surface area (Å²) in [5, 5.41) is 14.8. The largest absolute Gasteiger partial charge is 0.477 e. The van der Waals surface area contributed by atoms with E-state index in [1.165, 1.54) is 11.6 Å². The van der Waals surface area contributed by atoms with Crippen LogP contribution >= 0.6 is 27.5 Å². The van der Waals surface area contributed by atoms with Crippen LogP contribution in [0.4, 0.5) is 5.69 Å². The molecule has 1 aliphatic rings. The zero-order valence-electron chi connectivity index (χ0n) is 22.2. The summed E-state index contributed by atoms with van der Waals surface area (Å²) in [7, 11) is 3.37. The molecule has 4 rings (SSSR count). The van der Waals surface area contributed by atoms with Crippen molar-refractivity contribution in [3.05, 3.63) is 67.5 Å². The Bertz CT molecular complexity index is 1440. The van der Waals surface area contributed by atoms with Crippen LogP contribution in [0.15, 0.2) is 50.8 Å². The summed E-state index contributed by atoms with van der Waals surface area (Å²) < 4.78 is 1.84. The van der Waals surface area contributed by atoms with Crippen molar-refractivity contribution in [2.75, 3.05) is 11.9 Å². The van der Waals surface area contributed by atoms with E-state index in [2.05, 4.69) is 26.1 Å². The number of aromatic carboxylic acids is 1. The molecule has 202 valence electrons. The molecule has 0 saturated heterocycles. The summed E-state index contributed by atoms with van der Waals surface area (Å²) in [6.07, 6.45) is 3.23. The summed E-state index contributed by atoms with van der Waals surface area (Å²) in [6, 6.07) is 11.8. The third-order valence-corrected chi connectivity index (χ3v) is 8.06. The Kier molecular flexibility index (Phi) is 8.18. The van der Waals surface area contributed by atoms with Crippen molar-refractivity contribution in [2.24, 2.45) is 18.1 Å². The van der Waals surface area contributed by atoms with E-state index in [0.717, 1.165) is 37.0 Å². The minimum absolute atomic E-state index is 0.00411. The quantitative estimate of drug-likeness (QED) is 0.203. The van der Waals surface area contributed by atoms with Crippen molar-refractivity contribution in [2.45, 2.75) is 58.1 Å². The summed E-state index contributed by atoms with van der Waals surface area (Å²) in [5.74, 6) is -1.10. The smallest absolute Gasteiger partial charge is 0.343 e. The second-order valence-electron chi connectivity index (χ2n) is 10.7. The minimum Gasteiger partial charge on any atom is -0.477 e. The lowest BCUT2D eigenvalue weighted by Crippen LogP contribution is -2.39. The summed E-state index contributed by atoms with van der Waals surface area (Å²) in [6.45, 7) is 5.91. The first-order valence-corrected chi connectivity index (χ1v) is 13.7. The van der Waals surface area contributed by atoms with Gasteiger partial charge in [0.15, 0.2) is 5.56 Å². The highest BCUT2D eigenvalue weighted by Crippen LogP contribution is 2.37. The molecule has 1 fully saturated rings. The number of carboxylic acids is 1. The SMILES string of the molecule is CN(c1c(C(=O)O)c(=O)n(C)c2cc(Br)c(Cl)nc12)C1CCC(C(=NOC(C)(C)C)c2ccccc2)CC1. The molecule has 0 amide bonds. The van der Waals surface area contributed by atoms with Gasteiger partial charge in [-0.2, -0.15) is 0 Å². The molecule has 1 aliphatic carbocycles. The molecule has 0 radical (unpaired) electrons.